The minimum Gasteiger partial charge on any atom is -0.744 e. The van der Waals surface area contributed by atoms with Gasteiger partial charge in [-0.2, -0.15) is 4.57 Å². The summed E-state index contributed by atoms with van der Waals surface area (Å²) in [5, 5.41) is 2.42. The van der Waals surface area contributed by atoms with Crippen molar-refractivity contribution in [2.24, 2.45) is 7.05 Å². The van der Waals surface area contributed by atoms with Crippen molar-refractivity contribution in [3.05, 3.63) is 87.9 Å². The quantitative estimate of drug-likeness (QED) is 0.207. The van der Waals surface area contributed by atoms with Gasteiger partial charge in [-0.1, -0.05) is 40.8 Å². The van der Waals surface area contributed by atoms with Gasteiger partial charge in [-0.05, 0) is 61.9 Å². The zero-order chi connectivity index (χ0) is 28.3. The van der Waals surface area contributed by atoms with Crippen molar-refractivity contribution in [1.29, 1.82) is 0 Å². The van der Waals surface area contributed by atoms with Crippen molar-refractivity contribution in [3.8, 4) is 11.5 Å². The predicted molar refractivity (Wildman–Crippen MR) is 158 cm³/mol. The van der Waals surface area contributed by atoms with Crippen LogP contribution >= 0.6 is 23.1 Å². The Bertz CT molecular complexity index is 1670. The Morgan fingerprint density at radius 3 is 2.28 bits per heavy atom. The highest BCUT2D eigenvalue weighted by atomic mass is 32.2. The Kier molecular flexibility index (Phi) is 8.70. The Hall–Kier alpha value is -3.31. The van der Waals surface area contributed by atoms with Crippen LogP contribution in [0.2, 0.25) is 0 Å². The van der Waals surface area contributed by atoms with E-state index in [4.69, 9.17) is 9.47 Å². The molecule has 0 spiro atoms. The second kappa shape index (κ2) is 11.8. The van der Waals surface area contributed by atoms with Crippen LogP contribution in [0.1, 0.15) is 17.5 Å². The molecule has 0 N–H and O–H groups in total. The van der Waals surface area contributed by atoms with E-state index >= 15 is 0 Å². The first-order valence-electron chi connectivity index (χ1n) is 12.0. The lowest BCUT2D eigenvalue weighted by molar-refractivity contribution is -0.642. The molecule has 0 bridgehead atoms. The van der Waals surface area contributed by atoms with Crippen LogP contribution in [0.5, 0.6) is 11.5 Å². The Morgan fingerprint density at radius 1 is 1.00 bits per heavy atom. The average molecular weight is 583 g/mol. The standard InChI is InChI=1S/C22H23N2O2S2.C7H8O3S/c1-14(10-21-23(2)17-12-15(25-4)6-8-19(17)27-21)11-22-24(3)18-13-16(26-5)7-9-20(18)28-22;1-6-2-4-7(5-3-6)11(8,9)10/h6-13H,1-5H3;2-5H,1H3,(H,8,9,10)/q+1;/p-1. The van der Waals surface area contributed by atoms with E-state index in [1.807, 2.05) is 19.1 Å². The Labute approximate surface area is 237 Å². The van der Waals surface area contributed by atoms with Crippen molar-refractivity contribution in [2.45, 2.75) is 23.6 Å². The highest BCUT2D eigenvalue weighted by Crippen LogP contribution is 2.46. The lowest BCUT2D eigenvalue weighted by Gasteiger charge is -2.14. The molecule has 0 saturated carbocycles. The molecule has 0 saturated heterocycles. The fourth-order valence-electron chi connectivity index (χ4n) is 3.93. The van der Waals surface area contributed by atoms with Gasteiger partial charge >= 0.3 is 0 Å². The van der Waals surface area contributed by atoms with Crippen LogP contribution in [0, 0.1) is 6.92 Å². The summed E-state index contributed by atoms with van der Waals surface area (Å²) >= 11 is 3.57. The summed E-state index contributed by atoms with van der Waals surface area (Å²) in [6, 6.07) is 18.2. The number of benzene rings is 3. The third-order valence-corrected chi connectivity index (χ3v) is 9.34. The van der Waals surface area contributed by atoms with Crippen LogP contribution in [0.4, 0.5) is 5.69 Å². The molecule has 204 valence electrons. The molecule has 39 heavy (non-hydrogen) atoms. The zero-order valence-corrected chi connectivity index (χ0v) is 25.0. The van der Waals surface area contributed by atoms with E-state index in [1.54, 1.807) is 49.5 Å². The van der Waals surface area contributed by atoms with Gasteiger partial charge < -0.3 is 18.9 Å². The average Bonchev–Trinajstić information content (AvgIpc) is 3.38. The molecule has 10 heteroatoms. The van der Waals surface area contributed by atoms with Gasteiger partial charge in [0.15, 0.2) is 0 Å². The Balaban J connectivity index is 0.000000270. The minimum absolute atomic E-state index is 0.178. The molecule has 0 unspecified atom stereocenters. The molecule has 0 amide bonds. The molecule has 1 aromatic heterocycles. The molecule has 0 radical (unpaired) electrons. The first-order valence-corrected chi connectivity index (χ1v) is 15.0. The third kappa shape index (κ3) is 6.65. The normalized spacial score (nSPS) is 14.3. The summed E-state index contributed by atoms with van der Waals surface area (Å²) in [5.74, 6) is 1.76. The Morgan fingerprint density at radius 2 is 1.64 bits per heavy atom. The number of hydrogen-bond donors (Lipinski definition) is 0. The van der Waals surface area contributed by atoms with Crippen LogP contribution in [0.3, 0.4) is 0 Å². The van der Waals surface area contributed by atoms with Gasteiger partial charge in [0.1, 0.15) is 33.4 Å². The third-order valence-electron chi connectivity index (χ3n) is 6.16. The molecular formula is C29H30N2O5S3. The number of rotatable bonds is 5. The van der Waals surface area contributed by atoms with E-state index < -0.39 is 10.1 Å². The maximum atomic E-state index is 10.4. The smallest absolute Gasteiger partial charge is 0.262 e. The van der Waals surface area contributed by atoms with Crippen molar-refractivity contribution < 1.29 is 27.0 Å². The molecule has 0 aliphatic carbocycles. The number of fused-ring (bicyclic) bond motifs is 2. The molecule has 0 atom stereocenters. The number of thioether (sulfide) groups is 1. The fourth-order valence-corrected chi connectivity index (χ4v) is 6.69. The van der Waals surface area contributed by atoms with E-state index in [2.05, 4.69) is 66.9 Å². The molecule has 1 aliphatic heterocycles. The first kappa shape index (κ1) is 28.7. The molecule has 7 nitrogen and oxygen atoms in total. The molecule has 3 aromatic carbocycles. The fraction of sp³-hybridized carbons (Fsp3) is 0.207. The summed E-state index contributed by atoms with van der Waals surface area (Å²) in [4.78, 5) is 3.29. The molecule has 5 rings (SSSR count). The van der Waals surface area contributed by atoms with E-state index in [0.29, 0.717) is 0 Å². The molecule has 4 aromatic rings. The first-order chi connectivity index (χ1) is 18.5. The van der Waals surface area contributed by atoms with Gasteiger partial charge in [0, 0.05) is 24.1 Å². The van der Waals surface area contributed by atoms with Crippen LogP contribution in [-0.4, -0.2) is 34.2 Å². The maximum absolute atomic E-state index is 10.4. The van der Waals surface area contributed by atoms with Crippen molar-refractivity contribution >= 4 is 55.2 Å². The summed E-state index contributed by atoms with van der Waals surface area (Å²) in [7, 11) is 3.34. The molecule has 0 fully saturated rings. The van der Waals surface area contributed by atoms with E-state index in [0.717, 1.165) is 17.1 Å². The number of allylic oxidation sites excluding steroid dienone is 2. The highest BCUT2D eigenvalue weighted by molar-refractivity contribution is 8.03. The maximum Gasteiger partial charge on any atom is 0.262 e. The number of methoxy groups -OCH3 is 2. The summed E-state index contributed by atoms with van der Waals surface area (Å²) in [6.45, 7) is 3.97. The molecular weight excluding hydrogens is 553 g/mol. The number of anilines is 1. The minimum atomic E-state index is -4.27. The van der Waals surface area contributed by atoms with Gasteiger partial charge in [0.2, 0.25) is 5.52 Å². The van der Waals surface area contributed by atoms with E-state index in [9.17, 15) is 13.0 Å². The summed E-state index contributed by atoms with van der Waals surface area (Å²) in [5.41, 5.74) is 4.51. The zero-order valence-electron chi connectivity index (χ0n) is 22.6. The SMILES string of the molecule is COc1ccc2c(c1)N(C)/C(=C/C(C)=C/c1sc3ccc(OC)cc3[n+]1C)S2.Cc1ccc(S(=O)(=O)[O-])cc1. The molecule has 1 aliphatic rings. The van der Waals surface area contributed by atoms with Gasteiger partial charge in [0.05, 0.1) is 35.9 Å². The van der Waals surface area contributed by atoms with E-state index in [1.165, 1.54) is 48.5 Å². The van der Waals surface area contributed by atoms with Gasteiger partial charge in [0.25, 0.3) is 5.01 Å². The monoisotopic (exact) mass is 582 g/mol. The lowest BCUT2D eigenvalue weighted by Crippen LogP contribution is -2.28. The number of aryl methyl sites for hydroxylation is 2. The number of hydrogen-bond acceptors (Lipinski definition) is 8. The van der Waals surface area contributed by atoms with Crippen LogP contribution < -0.4 is 18.9 Å². The van der Waals surface area contributed by atoms with Crippen molar-refractivity contribution in [1.82, 2.24) is 0 Å². The summed E-state index contributed by atoms with van der Waals surface area (Å²) in [6.07, 6.45) is 4.48. The number of ether oxygens (including phenoxy) is 2. The van der Waals surface area contributed by atoms with Gasteiger partial charge in [-0.3, -0.25) is 0 Å². The second-order valence-corrected chi connectivity index (χ2v) is 12.5. The van der Waals surface area contributed by atoms with Crippen LogP contribution in [-0.2, 0) is 17.2 Å². The van der Waals surface area contributed by atoms with Crippen molar-refractivity contribution in [2.75, 3.05) is 26.2 Å². The topological polar surface area (TPSA) is 82.8 Å². The number of aromatic nitrogens is 1. The highest BCUT2D eigenvalue weighted by Gasteiger charge is 2.23. The summed E-state index contributed by atoms with van der Waals surface area (Å²) < 4.78 is 45.4. The second-order valence-electron chi connectivity index (χ2n) is 8.97. The largest absolute Gasteiger partial charge is 0.744 e. The van der Waals surface area contributed by atoms with Gasteiger partial charge in [-0.25, -0.2) is 8.42 Å². The van der Waals surface area contributed by atoms with Crippen molar-refractivity contribution in [3.63, 3.8) is 0 Å². The predicted octanol–water partition coefficient (Wildman–Crippen LogP) is 6.13. The number of thiazole rings is 1. The van der Waals surface area contributed by atoms with Gasteiger partial charge in [-0.15, -0.1) is 0 Å². The van der Waals surface area contributed by atoms with Crippen LogP contribution in [0.25, 0.3) is 16.3 Å². The molecule has 2 heterocycles. The van der Waals surface area contributed by atoms with Crippen LogP contribution in [0.15, 0.2) is 87.1 Å². The van der Waals surface area contributed by atoms with E-state index in [-0.39, 0.29) is 4.90 Å². The number of nitrogens with zero attached hydrogens (tertiary/aromatic N) is 2. The lowest BCUT2D eigenvalue weighted by atomic mass is 10.2.